The molecule has 0 heterocycles. The predicted octanol–water partition coefficient (Wildman–Crippen LogP) is 30.0. The third-order valence-electron chi connectivity index (χ3n) is 39.4. The lowest BCUT2D eigenvalue weighted by Crippen LogP contribution is -2.49. The molecule has 0 saturated heterocycles. The summed E-state index contributed by atoms with van der Waals surface area (Å²) in [7, 11) is 0. The van der Waals surface area contributed by atoms with E-state index in [1.165, 1.54) is 170 Å². The van der Waals surface area contributed by atoms with Crippen molar-refractivity contribution in [3.05, 3.63) is 0 Å². The third kappa shape index (κ3) is 16.0. The molecule has 556 valence electrons. The van der Waals surface area contributed by atoms with Crippen LogP contribution in [0, 0.1) is 177 Å². The van der Waals surface area contributed by atoms with E-state index in [0.717, 1.165) is 58.2 Å². The molecule has 23 saturated carbocycles. The Morgan fingerprint density at radius 1 is 0.112 bits per heavy atom. The summed E-state index contributed by atoms with van der Waals surface area (Å²) in [6, 6.07) is 0. The molecule has 0 heteroatoms. The molecule has 23 rings (SSSR count). The van der Waals surface area contributed by atoms with Gasteiger partial charge < -0.3 is 0 Å². The van der Waals surface area contributed by atoms with Crippen molar-refractivity contribution in [2.24, 2.45) is 177 Å². The molecule has 0 aliphatic heterocycles. The molecule has 26 atom stereocenters. The first-order valence-electron chi connectivity index (χ1n) is 48.5. The lowest BCUT2D eigenvalue weighted by Gasteiger charge is -2.57. The molecule has 0 aromatic rings. The van der Waals surface area contributed by atoms with E-state index in [0.29, 0.717) is 0 Å². The van der Waals surface area contributed by atoms with Crippen LogP contribution in [0.4, 0.5) is 0 Å². The average Bonchev–Trinajstić information content (AvgIpc) is 1.32. The van der Waals surface area contributed by atoms with Gasteiger partial charge in [0.15, 0.2) is 0 Å². The lowest BCUT2D eigenvalue weighted by molar-refractivity contribution is -0.0786. The van der Waals surface area contributed by atoms with E-state index < -0.39 is 0 Å². The number of rotatable bonds is 0. The summed E-state index contributed by atoms with van der Waals surface area (Å²) in [6.07, 6.45) is 107. The number of hydrogen-bond donors (Lipinski definition) is 0. The van der Waals surface area contributed by atoms with Crippen LogP contribution in [0.25, 0.3) is 0 Å². The van der Waals surface area contributed by atoms with Gasteiger partial charge in [-0.05, 0) is 382 Å². The van der Waals surface area contributed by atoms with Crippen LogP contribution in [-0.4, -0.2) is 0 Å². The normalized spacial score (nSPS) is 49.5. The minimum Gasteiger partial charge on any atom is -0.0533 e. The molecule has 0 radical (unpaired) electrons. The molecule has 0 aromatic heterocycles. The highest BCUT2D eigenvalue weighted by Gasteiger charge is 2.55. The Kier molecular flexibility index (Phi) is 24.1. The molecular weight excluding hydrogens is 1180 g/mol. The zero-order chi connectivity index (χ0) is 65.2. The minimum absolute atomic E-state index is 0.873. The second-order valence-corrected chi connectivity index (χ2v) is 43.3. The Morgan fingerprint density at radius 2 is 0.306 bits per heavy atom. The highest BCUT2D eigenvalue weighted by Crippen LogP contribution is 2.64. The Labute approximate surface area is 609 Å². The monoisotopic (exact) mass is 1340 g/mol. The SMILES string of the molecule is C1CC2CCCC2C2CC2C1.C1CC2CCCC3CCC(C1)C23.C1CCC2(CC1)CC2.C1CCC2(CC1)CCCC2.C1CCC2C(C1)CCC1C2CCC2C3CCCCC3CCC21.C1CCC2C(C1)CCC1C3CCCC3CCC21.C1CCC2C(C1)CCC1C3CCCCC3CCC21. The summed E-state index contributed by atoms with van der Waals surface area (Å²) in [4.78, 5) is 0. The second kappa shape index (κ2) is 33.2. The van der Waals surface area contributed by atoms with E-state index in [1.54, 1.807) is 385 Å². The molecule has 23 aliphatic carbocycles. The van der Waals surface area contributed by atoms with Crippen LogP contribution in [0.2, 0.25) is 0 Å². The Balaban J connectivity index is 0.0000000880. The van der Waals surface area contributed by atoms with E-state index in [4.69, 9.17) is 0 Å². The molecule has 0 amide bonds. The van der Waals surface area contributed by atoms with Crippen LogP contribution >= 0.6 is 0 Å². The molecule has 23 aliphatic rings. The summed E-state index contributed by atoms with van der Waals surface area (Å²) in [5, 5.41) is 0. The van der Waals surface area contributed by atoms with Crippen LogP contribution in [0.3, 0.4) is 0 Å². The van der Waals surface area contributed by atoms with Crippen molar-refractivity contribution in [2.75, 3.05) is 0 Å². The fourth-order valence-corrected chi connectivity index (χ4v) is 34.7. The third-order valence-corrected chi connectivity index (χ3v) is 39.4. The van der Waals surface area contributed by atoms with Crippen molar-refractivity contribution >= 4 is 0 Å². The van der Waals surface area contributed by atoms with Crippen LogP contribution < -0.4 is 0 Å². The largest absolute Gasteiger partial charge is 0.0533 e. The van der Waals surface area contributed by atoms with E-state index in [-0.39, 0.29) is 0 Å². The van der Waals surface area contributed by atoms with Gasteiger partial charge in [0.25, 0.3) is 0 Å². The first kappa shape index (κ1) is 71.0. The van der Waals surface area contributed by atoms with Gasteiger partial charge in [-0.1, -0.05) is 231 Å². The standard InChI is InChI=1S/C22H36.C18H30.C17H28.C12H20.C11H18.C10H18.C8H14/c1-3-7-17-15(5-1)9-11-21-19(17)13-14-20-18-8-4-2-6-16(18)10-12-22(20)21;1-3-7-15-13(5-1)9-11-18-16-8-4-2-6-14(16)10-12-17(15)18;1-2-6-14-12(4-1)8-10-17-15-7-3-5-13(15)9-11-16(14)17;1-3-9-4-2-6-11-8-7-10(5-1)12(9)11;1-3-8-4-2-6-10(8)11-7-9(11)5-1;1-2-6-10(7-3-1)8-4-5-9-10;1-2-4-8(5-3-1)6-7-8/h15-22H,1-14H2;13-18H,1-12H2;12-17H,1-11H2;9-12H,1-8H2;8-11H,1-7H2;1-9H2;1-7H2. The summed E-state index contributed by atoms with van der Waals surface area (Å²) in [6.45, 7) is 0. The van der Waals surface area contributed by atoms with Crippen LogP contribution in [0.5, 0.6) is 0 Å². The van der Waals surface area contributed by atoms with Gasteiger partial charge in [-0.25, -0.2) is 0 Å². The molecule has 0 nitrogen and oxygen atoms in total. The molecular formula is C98H164. The molecule has 23 fully saturated rings. The second-order valence-electron chi connectivity index (χ2n) is 43.3. The van der Waals surface area contributed by atoms with Crippen molar-refractivity contribution in [1.82, 2.24) is 0 Å². The van der Waals surface area contributed by atoms with Crippen molar-refractivity contribution in [3.8, 4) is 0 Å². The maximum Gasteiger partial charge on any atom is -0.0297 e. The topological polar surface area (TPSA) is 0 Å². The quantitative estimate of drug-likeness (QED) is 0.227. The molecule has 0 bridgehead atoms. The zero-order valence-corrected chi connectivity index (χ0v) is 65.2. The van der Waals surface area contributed by atoms with Gasteiger partial charge in [0, 0.05) is 0 Å². The van der Waals surface area contributed by atoms with Gasteiger partial charge in [0.05, 0.1) is 0 Å². The van der Waals surface area contributed by atoms with Crippen LogP contribution in [0.15, 0.2) is 0 Å². The van der Waals surface area contributed by atoms with E-state index >= 15 is 0 Å². The van der Waals surface area contributed by atoms with Crippen molar-refractivity contribution in [3.63, 3.8) is 0 Å². The predicted molar refractivity (Wildman–Crippen MR) is 417 cm³/mol. The maximum atomic E-state index is 1.64. The van der Waals surface area contributed by atoms with Crippen LogP contribution in [0.1, 0.15) is 437 Å². The average molecular weight is 1340 g/mol. The fraction of sp³-hybridized carbons (Fsp3) is 1.00. The summed E-state index contributed by atoms with van der Waals surface area (Å²) >= 11 is 0. The van der Waals surface area contributed by atoms with Gasteiger partial charge in [0.2, 0.25) is 0 Å². The summed E-state index contributed by atoms with van der Waals surface area (Å²) in [5.74, 6) is 32.8. The number of hydrogen-bond acceptors (Lipinski definition) is 0. The van der Waals surface area contributed by atoms with E-state index in [9.17, 15) is 0 Å². The van der Waals surface area contributed by atoms with Crippen LogP contribution in [-0.2, 0) is 0 Å². The van der Waals surface area contributed by atoms with Gasteiger partial charge >= 0.3 is 0 Å². The van der Waals surface area contributed by atoms with E-state index in [1.807, 2.05) is 0 Å². The van der Waals surface area contributed by atoms with Crippen molar-refractivity contribution < 1.29 is 0 Å². The molecule has 0 aromatic carbocycles. The highest BCUT2D eigenvalue weighted by molar-refractivity contribution is 5.05. The molecule has 26 unspecified atom stereocenters. The first-order valence-corrected chi connectivity index (χ1v) is 48.5. The maximum absolute atomic E-state index is 1.64. The van der Waals surface area contributed by atoms with Gasteiger partial charge in [0.1, 0.15) is 0 Å². The minimum atomic E-state index is 0.873. The van der Waals surface area contributed by atoms with Gasteiger partial charge in [-0.2, -0.15) is 0 Å². The smallest absolute Gasteiger partial charge is 0.0297 e. The Bertz CT molecular complexity index is 2300. The number of fused-ring (bicyclic) bond motifs is 20. The van der Waals surface area contributed by atoms with Gasteiger partial charge in [-0.15, -0.1) is 0 Å². The Hall–Kier alpha value is 0. The molecule has 98 heavy (non-hydrogen) atoms. The fourth-order valence-electron chi connectivity index (χ4n) is 34.7. The molecule has 2 spiro atoms. The summed E-state index contributed by atoms with van der Waals surface area (Å²) in [5.41, 5.74) is 1.80. The van der Waals surface area contributed by atoms with Gasteiger partial charge in [-0.3, -0.25) is 0 Å². The zero-order valence-electron chi connectivity index (χ0n) is 65.2. The van der Waals surface area contributed by atoms with Crippen molar-refractivity contribution in [1.29, 1.82) is 0 Å². The highest BCUT2D eigenvalue weighted by atomic mass is 14.6. The Morgan fingerprint density at radius 3 is 0.633 bits per heavy atom. The molecule has 0 N–H and O–H groups in total. The van der Waals surface area contributed by atoms with E-state index in [2.05, 4.69) is 0 Å². The van der Waals surface area contributed by atoms with Crippen molar-refractivity contribution in [2.45, 2.75) is 437 Å². The lowest BCUT2D eigenvalue weighted by atomic mass is 9.48. The first-order chi connectivity index (χ1) is 48.5. The summed E-state index contributed by atoms with van der Waals surface area (Å²) < 4.78 is 0.